The summed E-state index contributed by atoms with van der Waals surface area (Å²) in [4.78, 5) is 10.6. The Morgan fingerprint density at radius 3 is 2.60 bits per heavy atom. The Kier molecular flexibility index (Phi) is 4.06. The Hall–Kier alpha value is -1.35. The van der Waals surface area contributed by atoms with Crippen molar-refractivity contribution < 1.29 is 14.3 Å². The van der Waals surface area contributed by atoms with Gasteiger partial charge in [-0.05, 0) is 49.9 Å². The fourth-order valence-corrected chi connectivity index (χ4v) is 3.41. The Morgan fingerprint density at radius 2 is 1.90 bits per heavy atom. The molecular weight excluding hydrogens is 252 g/mol. The molecule has 1 aliphatic carbocycles. The number of rotatable bonds is 4. The van der Waals surface area contributed by atoms with Gasteiger partial charge < -0.3 is 9.47 Å². The minimum atomic E-state index is 0.160. The maximum absolute atomic E-state index is 10.6. The second-order valence-corrected chi connectivity index (χ2v) is 6.02. The maximum atomic E-state index is 10.6. The van der Waals surface area contributed by atoms with E-state index >= 15 is 0 Å². The Labute approximate surface area is 120 Å². The summed E-state index contributed by atoms with van der Waals surface area (Å²) >= 11 is 0. The fraction of sp³-hybridized carbons (Fsp3) is 0.588. The van der Waals surface area contributed by atoms with Crippen molar-refractivity contribution in [3.05, 3.63) is 29.8 Å². The smallest absolute Gasteiger partial charge is 0.150 e. The maximum Gasteiger partial charge on any atom is 0.150 e. The average Bonchev–Trinajstić information content (AvgIpc) is 2.89. The average molecular weight is 274 g/mol. The molecule has 1 heterocycles. The molecule has 0 aromatic heterocycles. The fourth-order valence-electron chi connectivity index (χ4n) is 3.41. The molecule has 1 unspecified atom stereocenters. The molecule has 3 nitrogen and oxygen atoms in total. The molecule has 1 saturated heterocycles. The third-order valence-electron chi connectivity index (χ3n) is 4.56. The molecular formula is C17H22O3. The van der Waals surface area contributed by atoms with Gasteiger partial charge in [0.2, 0.25) is 0 Å². The van der Waals surface area contributed by atoms with Crippen molar-refractivity contribution in [2.45, 2.75) is 56.7 Å². The molecule has 1 aliphatic heterocycles. The normalized spacial score (nSPS) is 24.7. The minimum Gasteiger partial charge on any atom is -0.491 e. The van der Waals surface area contributed by atoms with Crippen LogP contribution in [0.25, 0.3) is 0 Å². The van der Waals surface area contributed by atoms with Gasteiger partial charge in [0, 0.05) is 5.56 Å². The van der Waals surface area contributed by atoms with Crippen LogP contribution in [0.3, 0.4) is 0 Å². The van der Waals surface area contributed by atoms with Gasteiger partial charge in [0.1, 0.15) is 18.6 Å². The molecule has 0 bridgehead atoms. The van der Waals surface area contributed by atoms with Gasteiger partial charge in [0.25, 0.3) is 0 Å². The van der Waals surface area contributed by atoms with Gasteiger partial charge in [-0.15, -0.1) is 0 Å². The van der Waals surface area contributed by atoms with E-state index in [2.05, 4.69) is 0 Å². The van der Waals surface area contributed by atoms with Crippen molar-refractivity contribution in [2.75, 3.05) is 6.61 Å². The van der Waals surface area contributed by atoms with E-state index in [1.54, 1.807) is 12.1 Å². The highest BCUT2D eigenvalue weighted by molar-refractivity contribution is 5.74. The molecule has 3 rings (SSSR count). The van der Waals surface area contributed by atoms with Crippen LogP contribution in [-0.2, 0) is 4.74 Å². The van der Waals surface area contributed by atoms with E-state index in [1.165, 1.54) is 38.5 Å². The van der Waals surface area contributed by atoms with E-state index in [9.17, 15) is 4.79 Å². The summed E-state index contributed by atoms with van der Waals surface area (Å²) in [5.41, 5.74) is 0.837. The molecule has 0 radical (unpaired) electrons. The van der Waals surface area contributed by atoms with Gasteiger partial charge in [0.15, 0.2) is 0 Å². The first-order valence-corrected chi connectivity index (χ1v) is 7.66. The first-order chi connectivity index (χ1) is 9.80. The monoisotopic (exact) mass is 274 g/mol. The van der Waals surface area contributed by atoms with Crippen molar-refractivity contribution in [1.29, 1.82) is 0 Å². The number of aldehydes is 1. The highest BCUT2D eigenvalue weighted by atomic mass is 16.6. The first-order valence-electron chi connectivity index (χ1n) is 7.66. The third-order valence-corrected chi connectivity index (χ3v) is 4.56. The van der Waals surface area contributed by atoms with E-state index in [1.807, 2.05) is 12.1 Å². The summed E-state index contributed by atoms with van der Waals surface area (Å²) in [5, 5.41) is 0. The van der Waals surface area contributed by atoms with Crippen molar-refractivity contribution in [3.63, 3.8) is 0 Å². The Morgan fingerprint density at radius 1 is 1.15 bits per heavy atom. The lowest BCUT2D eigenvalue weighted by Crippen LogP contribution is -2.32. The van der Waals surface area contributed by atoms with Gasteiger partial charge in [-0.25, -0.2) is 0 Å². The van der Waals surface area contributed by atoms with Crippen LogP contribution in [0.2, 0.25) is 0 Å². The summed E-state index contributed by atoms with van der Waals surface area (Å²) in [7, 11) is 0. The van der Waals surface area contributed by atoms with Gasteiger partial charge in [0.05, 0.1) is 11.7 Å². The van der Waals surface area contributed by atoms with Crippen LogP contribution in [0, 0.1) is 0 Å². The number of carbonyl (C=O) groups is 1. The lowest BCUT2D eigenvalue weighted by molar-refractivity contribution is -0.0748. The van der Waals surface area contributed by atoms with E-state index in [-0.39, 0.29) is 11.7 Å². The van der Waals surface area contributed by atoms with Crippen LogP contribution in [0.4, 0.5) is 0 Å². The predicted octanol–water partition coefficient (Wildman–Crippen LogP) is 3.76. The molecule has 1 atom stereocenters. The van der Waals surface area contributed by atoms with Crippen LogP contribution in [0.5, 0.6) is 5.75 Å². The SMILES string of the molecule is O=Cc1ccc(OCC2CCC3(CCCCC3)O2)cc1. The second kappa shape index (κ2) is 5.96. The molecule has 2 fully saturated rings. The largest absolute Gasteiger partial charge is 0.491 e. The molecule has 2 aliphatic rings. The lowest BCUT2D eigenvalue weighted by Gasteiger charge is -2.33. The molecule has 0 amide bonds. The zero-order valence-electron chi connectivity index (χ0n) is 11.8. The number of benzene rings is 1. The quantitative estimate of drug-likeness (QED) is 0.784. The number of hydrogen-bond acceptors (Lipinski definition) is 3. The predicted molar refractivity (Wildman–Crippen MR) is 77.2 cm³/mol. The van der Waals surface area contributed by atoms with Gasteiger partial charge in [-0.3, -0.25) is 4.79 Å². The van der Waals surface area contributed by atoms with E-state index in [0.717, 1.165) is 18.5 Å². The van der Waals surface area contributed by atoms with Crippen LogP contribution >= 0.6 is 0 Å². The highest BCUT2D eigenvalue weighted by Crippen LogP contribution is 2.41. The number of ether oxygens (including phenoxy) is 2. The molecule has 20 heavy (non-hydrogen) atoms. The molecule has 1 aromatic carbocycles. The van der Waals surface area contributed by atoms with Crippen LogP contribution < -0.4 is 4.74 Å². The van der Waals surface area contributed by atoms with E-state index in [4.69, 9.17) is 9.47 Å². The molecule has 108 valence electrons. The summed E-state index contributed by atoms with van der Waals surface area (Å²) in [5.74, 6) is 0.809. The van der Waals surface area contributed by atoms with Crippen molar-refractivity contribution in [3.8, 4) is 5.75 Å². The topological polar surface area (TPSA) is 35.5 Å². The summed E-state index contributed by atoms with van der Waals surface area (Å²) in [6, 6.07) is 7.24. The van der Waals surface area contributed by atoms with Gasteiger partial charge >= 0.3 is 0 Å². The minimum absolute atomic E-state index is 0.160. The summed E-state index contributed by atoms with van der Waals surface area (Å²) < 4.78 is 12.1. The molecule has 1 saturated carbocycles. The molecule has 3 heteroatoms. The summed E-state index contributed by atoms with van der Waals surface area (Å²) in [6.07, 6.45) is 9.76. The Balaban J connectivity index is 1.50. The van der Waals surface area contributed by atoms with Crippen LogP contribution in [0.1, 0.15) is 55.3 Å². The molecule has 1 aromatic rings. The standard InChI is InChI=1S/C17H22O3/c18-12-14-4-6-15(7-5-14)19-13-16-8-11-17(20-16)9-2-1-3-10-17/h4-7,12,16H,1-3,8-11,13H2. The van der Waals surface area contributed by atoms with Crippen molar-refractivity contribution >= 4 is 6.29 Å². The first kappa shape index (κ1) is 13.6. The molecule has 0 N–H and O–H groups in total. The second-order valence-electron chi connectivity index (χ2n) is 6.02. The third kappa shape index (κ3) is 3.04. The van der Waals surface area contributed by atoms with E-state index in [0.29, 0.717) is 12.2 Å². The number of hydrogen-bond donors (Lipinski definition) is 0. The number of carbonyl (C=O) groups excluding carboxylic acids is 1. The van der Waals surface area contributed by atoms with E-state index < -0.39 is 0 Å². The molecule has 1 spiro atoms. The lowest BCUT2D eigenvalue weighted by atomic mass is 9.83. The Bertz CT molecular complexity index is 446. The zero-order valence-corrected chi connectivity index (χ0v) is 11.8. The van der Waals surface area contributed by atoms with Crippen LogP contribution in [-0.4, -0.2) is 24.6 Å². The highest BCUT2D eigenvalue weighted by Gasteiger charge is 2.40. The van der Waals surface area contributed by atoms with Crippen molar-refractivity contribution in [2.24, 2.45) is 0 Å². The van der Waals surface area contributed by atoms with Gasteiger partial charge in [-0.1, -0.05) is 19.3 Å². The zero-order chi connectivity index (χ0) is 13.8. The van der Waals surface area contributed by atoms with Gasteiger partial charge in [-0.2, -0.15) is 0 Å². The van der Waals surface area contributed by atoms with Crippen LogP contribution in [0.15, 0.2) is 24.3 Å². The van der Waals surface area contributed by atoms with Crippen molar-refractivity contribution in [1.82, 2.24) is 0 Å². The summed E-state index contributed by atoms with van der Waals surface area (Å²) in [6.45, 7) is 0.613.